The molecule has 3 N–H and O–H groups in total. The molecule has 0 bridgehead atoms. The quantitative estimate of drug-likeness (QED) is 0.510. The molecule has 0 saturated carbocycles. The number of benzene rings is 2. The highest BCUT2D eigenvalue weighted by atomic mass is 79.9. The first-order valence-corrected chi connectivity index (χ1v) is 8.96. The third-order valence-electron chi connectivity index (χ3n) is 3.13. The van der Waals surface area contributed by atoms with Crippen molar-refractivity contribution >= 4 is 31.9 Å². The molecule has 0 saturated heterocycles. The molecule has 8 heteroatoms. The first-order valence-electron chi connectivity index (χ1n) is 6.68. The molecule has 2 rings (SSSR count). The largest absolute Gasteiger partial charge is 0.289 e. The Morgan fingerprint density at radius 2 is 1.70 bits per heavy atom. The number of amides is 1. The molecule has 1 amide bonds. The molecule has 1 unspecified atom stereocenters. The second-order valence-electron chi connectivity index (χ2n) is 4.79. The number of rotatable bonds is 6. The number of hydrogen-bond acceptors (Lipinski definition) is 4. The van der Waals surface area contributed by atoms with Crippen LogP contribution in [-0.2, 0) is 21.2 Å². The average Bonchev–Trinajstić information content (AvgIpc) is 2.54. The molecule has 23 heavy (non-hydrogen) atoms. The number of carbonyl (C=O) groups excluding carboxylic acids is 1. The predicted octanol–water partition coefficient (Wildman–Crippen LogP) is 1.84. The van der Waals surface area contributed by atoms with Gasteiger partial charge in [0.25, 0.3) is 5.91 Å². The maximum atomic E-state index is 12.4. The van der Waals surface area contributed by atoms with E-state index in [4.69, 9.17) is 5.21 Å². The van der Waals surface area contributed by atoms with E-state index in [1.54, 1.807) is 36.4 Å². The maximum absolute atomic E-state index is 12.4. The van der Waals surface area contributed by atoms with Crippen LogP contribution in [0.25, 0.3) is 0 Å². The van der Waals surface area contributed by atoms with Gasteiger partial charge in [-0.3, -0.25) is 10.0 Å². The van der Waals surface area contributed by atoms with Gasteiger partial charge in [-0.05, 0) is 36.2 Å². The van der Waals surface area contributed by atoms with E-state index in [9.17, 15) is 13.2 Å². The van der Waals surface area contributed by atoms with Gasteiger partial charge < -0.3 is 0 Å². The van der Waals surface area contributed by atoms with Crippen LogP contribution in [0.15, 0.2) is 64.0 Å². The number of halogens is 1. The molecule has 0 aliphatic heterocycles. The van der Waals surface area contributed by atoms with Gasteiger partial charge in [-0.25, -0.2) is 13.9 Å². The predicted molar refractivity (Wildman–Crippen MR) is 88.3 cm³/mol. The van der Waals surface area contributed by atoms with Crippen molar-refractivity contribution in [2.45, 2.75) is 17.4 Å². The van der Waals surface area contributed by atoms with E-state index in [0.717, 1.165) is 10.0 Å². The Bertz CT molecular complexity index is 764. The summed E-state index contributed by atoms with van der Waals surface area (Å²) in [5.41, 5.74) is 2.26. The summed E-state index contributed by atoms with van der Waals surface area (Å²) in [5, 5.41) is 8.85. The highest BCUT2D eigenvalue weighted by Crippen LogP contribution is 2.15. The standard InChI is InChI=1S/C15H15BrN2O4S/c16-12-6-8-13(9-7-12)23(21,22)18-14(15(19)17-20)10-11-4-2-1-3-5-11/h1-9,14,18,20H,10H2,(H,17,19). The first kappa shape index (κ1) is 17.6. The van der Waals surface area contributed by atoms with E-state index >= 15 is 0 Å². The van der Waals surface area contributed by atoms with Gasteiger partial charge in [0.05, 0.1) is 4.90 Å². The maximum Gasteiger partial charge on any atom is 0.261 e. The van der Waals surface area contributed by atoms with Crippen LogP contribution < -0.4 is 10.2 Å². The molecular weight excluding hydrogens is 384 g/mol. The second kappa shape index (κ2) is 7.69. The topological polar surface area (TPSA) is 95.5 Å². The van der Waals surface area contributed by atoms with Gasteiger partial charge in [0.1, 0.15) is 6.04 Å². The van der Waals surface area contributed by atoms with Crippen molar-refractivity contribution in [2.24, 2.45) is 0 Å². The second-order valence-corrected chi connectivity index (χ2v) is 7.42. The van der Waals surface area contributed by atoms with Crippen LogP contribution in [0.1, 0.15) is 5.56 Å². The van der Waals surface area contributed by atoms with Gasteiger partial charge in [0.15, 0.2) is 0 Å². The van der Waals surface area contributed by atoms with E-state index in [2.05, 4.69) is 20.7 Å². The Labute approximate surface area is 142 Å². The van der Waals surface area contributed by atoms with Crippen molar-refractivity contribution < 1.29 is 18.4 Å². The van der Waals surface area contributed by atoms with E-state index in [-0.39, 0.29) is 11.3 Å². The zero-order chi connectivity index (χ0) is 16.9. The molecule has 6 nitrogen and oxygen atoms in total. The van der Waals surface area contributed by atoms with E-state index in [1.807, 2.05) is 6.07 Å². The van der Waals surface area contributed by atoms with E-state index < -0.39 is 22.0 Å². The molecule has 2 aromatic rings. The van der Waals surface area contributed by atoms with Crippen LogP contribution in [-0.4, -0.2) is 25.6 Å². The van der Waals surface area contributed by atoms with E-state index in [0.29, 0.717) is 0 Å². The van der Waals surface area contributed by atoms with Crippen LogP contribution in [0.5, 0.6) is 0 Å². The van der Waals surface area contributed by atoms with Crippen LogP contribution in [0.4, 0.5) is 0 Å². The summed E-state index contributed by atoms with van der Waals surface area (Å²) in [6.07, 6.45) is 0.114. The molecule has 0 radical (unpaired) electrons. The Hall–Kier alpha value is -1.74. The van der Waals surface area contributed by atoms with Gasteiger partial charge in [0, 0.05) is 4.47 Å². The molecule has 0 aliphatic carbocycles. The minimum atomic E-state index is -3.89. The van der Waals surface area contributed by atoms with Gasteiger partial charge in [-0.15, -0.1) is 0 Å². The Morgan fingerprint density at radius 1 is 1.09 bits per heavy atom. The molecular formula is C15H15BrN2O4S. The molecule has 0 aliphatic rings. The normalized spacial score (nSPS) is 12.6. The molecule has 0 aromatic heterocycles. The summed E-state index contributed by atoms with van der Waals surface area (Å²) < 4.78 is 27.8. The third kappa shape index (κ3) is 4.87. The SMILES string of the molecule is O=C(NO)C(Cc1ccccc1)NS(=O)(=O)c1ccc(Br)cc1. The van der Waals surface area contributed by atoms with Gasteiger partial charge >= 0.3 is 0 Å². The lowest BCUT2D eigenvalue weighted by molar-refractivity contribution is -0.130. The molecule has 1 atom stereocenters. The van der Waals surface area contributed by atoms with Crippen LogP contribution in [0.3, 0.4) is 0 Å². The number of hydroxylamine groups is 1. The summed E-state index contributed by atoms with van der Waals surface area (Å²) in [6, 6.07) is 13.8. The monoisotopic (exact) mass is 398 g/mol. The van der Waals surface area contributed by atoms with Crippen molar-refractivity contribution in [3.8, 4) is 0 Å². The smallest absolute Gasteiger partial charge is 0.261 e. The Morgan fingerprint density at radius 3 is 2.26 bits per heavy atom. The van der Waals surface area contributed by atoms with Crippen LogP contribution >= 0.6 is 15.9 Å². The fraction of sp³-hybridized carbons (Fsp3) is 0.133. The van der Waals surface area contributed by atoms with Crippen molar-refractivity contribution in [1.82, 2.24) is 10.2 Å². The van der Waals surface area contributed by atoms with E-state index in [1.165, 1.54) is 17.6 Å². The minimum Gasteiger partial charge on any atom is -0.289 e. The average molecular weight is 399 g/mol. The highest BCUT2D eigenvalue weighted by molar-refractivity contribution is 9.10. The highest BCUT2D eigenvalue weighted by Gasteiger charge is 2.25. The number of sulfonamides is 1. The lowest BCUT2D eigenvalue weighted by atomic mass is 10.1. The summed E-state index contributed by atoms with van der Waals surface area (Å²) in [4.78, 5) is 11.8. The van der Waals surface area contributed by atoms with Gasteiger partial charge in [-0.2, -0.15) is 4.72 Å². The number of carbonyl (C=O) groups is 1. The molecule has 0 heterocycles. The van der Waals surface area contributed by atoms with Crippen molar-refractivity contribution in [3.05, 3.63) is 64.6 Å². The minimum absolute atomic E-state index is 0.0319. The summed E-state index contributed by atoms with van der Waals surface area (Å²) in [5.74, 6) is -0.825. The van der Waals surface area contributed by atoms with Crippen molar-refractivity contribution in [1.29, 1.82) is 0 Å². The zero-order valence-corrected chi connectivity index (χ0v) is 14.3. The van der Waals surface area contributed by atoms with Crippen LogP contribution in [0.2, 0.25) is 0 Å². The van der Waals surface area contributed by atoms with Gasteiger partial charge in [0.2, 0.25) is 10.0 Å². The van der Waals surface area contributed by atoms with Gasteiger partial charge in [-0.1, -0.05) is 46.3 Å². The zero-order valence-electron chi connectivity index (χ0n) is 11.9. The summed E-state index contributed by atoms with van der Waals surface area (Å²) >= 11 is 3.23. The fourth-order valence-electron chi connectivity index (χ4n) is 1.98. The number of hydrogen-bond donors (Lipinski definition) is 3. The number of nitrogens with one attached hydrogen (secondary N) is 2. The Kier molecular flexibility index (Phi) is 5.89. The van der Waals surface area contributed by atoms with Crippen LogP contribution in [0, 0.1) is 0 Å². The molecule has 0 spiro atoms. The Balaban J connectivity index is 2.23. The summed E-state index contributed by atoms with van der Waals surface area (Å²) in [6.45, 7) is 0. The third-order valence-corrected chi connectivity index (χ3v) is 5.15. The molecule has 2 aromatic carbocycles. The van der Waals surface area contributed by atoms with Crippen molar-refractivity contribution in [3.63, 3.8) is 0 Å². The lowest BCUT2D eigenvalue weighted by Crippen LogP contribution is -2.47. The molecule has 122 valence electrons. The summed E-state index contributed by atoms with van der Waals surface area (Å²) in [7, 11) is -3.89. The molecule has 0 fully saturated rings. The van der Waals surface area contributed by atoms with Crippen molar-refractivity contribution in [2.75, 3.05) is 0 Å². The lowest BCUT2D eigenvalue weighted by Gasteiger charge is -2.17. The first-order chi connectivity index (χ1) is 10.9. The fourth-order valence-corrected chi connectivity index (χ4v) is 3.44.